The molecule has 1 aliphatic rings. The molecule has 2 rings (SSSR count). The first-order valence-electron chi connectivity index (χ1n) is 6.36. The fraction of sp³-hybridized carbons (Fsp3) is 0.571. The average Bonchev–Trinajstić information content (AvgIpc) is 2.41. The van der Waals surface area contributed by atoms with Crippen molar-refractivity contribution in [3.05, 3.63) is 28.0 Å². The minimum absolute atomic E-state index is 0.105. The Hall–Kier alpha value is -0.610. The van der Waals surface area contributed by atoms with E-state index in [1.54, 1.807) is 13.2 Å². The third-order valence-corrected chi connectivity index (χ3v) is 4.81. The summed E-state index contributed by atoms with van der Waals surface area (Å²) in [5.41, 5.74) is 6.85. The Morgan fingerprint density at radius 1 is 1.33 bits per heavy atom. The molecule has 4 heteroatoms. The first-order chi connectivity index (χ1) is 8.63. The number of rotatable bonds is 3. The first kappa shape index (κ1) is 13.8. The van der Waals surface area contributed by atoms with Gasteiger partial charge in [-0.05, 0) is 40.4 Å². The van der Waals surface area contributed by atoms with Gasteiger partial charge in [0.25, 0.3) is 0 Å². The second kappa shape index (κ2) is 5.57. The number of benzene rings is 1. The predicted octanol–water partition coefficient (Wildman–Crippen LogP) is 3.76. The van der Waals surface area contributed by atoms with E-state index >= 15 is 0 Å². The standard InChI is InChI=1S/C14H19BrFNO/c1-18-12-8-10(16)7-11(13(12)15)14(9-17)5-3-2-4-6-14/h7-8H,2-6,9,17H2,1H3. The van der Waals surface area contributed by atoms with Crippen LogP contribution in [0.1, 0.15) is 37.7 Å². The summed E-state index contributed by atoms with van der Waals surface area (Å²) in [6, 6.07) is 3.01. The van der Waals surface area contributed by atoms with E-state index in [9.17, 15) is 4.39 Å². The zero-order chi connectivity index (χ0) is 13.2. The van der Waals surface area contributed by atoms with Crippen LogP contribution in [-0.4, -0.2) is 13.7 Å². The zero-order valence-corrected chi connectivity index (χ0v) is 12.2. The molecule has 0 saturated heterocycles. The lowest BCUT2D eigenvalue weighted by Gasteiger charge is -2.37. The quantitative estimate of drug-likeness (QED) is 0.921. The molecule has 0 aliphatic heterocycles. The van der Waals surface area contributed by atoms with Gasteiger partial charge in [-0.15, -0.1) is 0 Å². The molecule has 1 aromatic carbocycles. The highest BCUT2D eigenvalue weighted by atomic mass is 79.9. The molecule has 0 amide bonds. The maximum atomic E-state index is 13.7. The van der Waals surface area contributed by atoms with Crippen molar-refractivity contribution in [3.63, 3.8) is 0 Å². The van der Waals surface area contributed by atoms with Gasteiger partial charge < -0.3 is 10.5 Å². The fourth-order valence-corrected chi connectivity index (χ4v) is 3.72. The largest absolute Gasteiger partial charge is 0.495 e. The molecule has 0 bridgehead atoms. The molecule has 18 heavy (non-hydrogen) atoms. The zero-order valence-electron chi connectivity index (χ0n) is 10.6. The Kier molecular flexibility index (Phi) is 4.28. The molecule has 0 heterocycles. The van der Waals surface area contributed by atoms with Gasteiger partial charge in [0, 0.05) is 18.0 Å². The second-order valence-corrected chi connectivity index (χ2v) is 5.81. The average molecular weight is 316 g/mol. The van der Waals surface area contributed by atoms with Crippen molar-refractivity contribution in [1.82, 2.24) is 0 Å². The van der Waals surface area contributed by atoms with Gasteiger partial charge >= 0.3 is 0 Å². The molecule has 0 atom stereocenters. The maximum absolute atomic E-state index is 13.7. The Bertz CT molecular complexity index is 430. The van der Waals surface area contributed by atoms with E-state index in [1.807, 2.05) is 0 Å². The van der Waals surface area contributed by atoms with Crippen LogP contribution < -0.4 is 10.5 Å². The predicted molar refractivity (Wildman–Crippen MR) is 74.5 cm³/mol. The number of nitrogens with two attached hydrogens (primary N) is 1. The highest BCUT2D eigenvalue weighted by molar-refractivity contribution is 9.10. The molecule has 0 spiro atoms. The number of hydrogen-bond donors (Lipinski definition) is 1. The molecule has 0 aromatic heterocycles. The smallest absolute Gasteiger partial charge is 0.136 e. The summed E-state index contributed by atoms with van der Waals surface area (Å²) in [5, 5.41) is 0. The number of hydrogen-bond acceptors (Lipinski definition) is 2. The molecule has 100 valence electrons. The van der Waals surface area contributed by atoms with E-state index in [0.717, 1.165) is 35.7 Å². The summed E-state index contributed by atoms with van der Waals surface area (Å²) in [4.78, 5) is 0. The molecular weight excluding hydrogens is 297 g/mol. The highest BCUT2D eigenvalue weighted by Gasteiger charge is 2.35. The molecular formula is C14H19BrFNO. The molecule has 1 aliphatic carbocycles. The number of ether oxygens (including phenoxy) is 1. The van der Waals surface area contributed by atoms with Crippen molar-refractivity contribution in [1.29, 1.82) is 0 Å². The van der Waals surface area contributed by atoms with Gasteiger partial charge in [0.1, 0.15) is 11.6 Å². The lowest BCUT2D eigenvalue weighted by atomic mass is 9.69. The fourth-order valence-electron chi connectivity index (χ4n) is 2.91. The molecule has 1 fully saturated rings. The van der Waals surface area contributed by atoms with Gasteiger partial charge in [-0.25, -0.2) is 4.39 Å². The van der Waals surface area contributed by atoms with Crippen molar-refractivity contribution in [2.24, 2.45) is 5.73 Å². The van der Waals surface area contributed by atoms with Crippen molar-refractivity contribution in [2.45, 2.75) is 37.5 Å². The monoisotopic (exact) mass is 315 g/mol. The van der Waals surface area contributed by atoms with Crippen LogP contribution in [0, 0.1) is 5.82 Å². The molecule has 1 saturated carbocycles. The maximum Gasteiger partial charge on any atom is 0.136 e. The minimum atomic E-state index is -0.261. The Morgan fingerprint density at radius 3 is 2.56 bits per heavy atom. The number of halogens is 2. The van der Waals surface area contributed by atoms with Gasteiger partial charge in [-0.1, -0.05) is 19.3 Å². The van der Waals surface area contributed by atoms with Gasteiger partial charge in [-0.3, -0.25) is 0 Å². The Labute approximate surface area is 116 Å². The summed E-state index contributed by atoms with van der Waals surface area (Å²) in [6.45, 7) is 0.554. The molecule has 1 aromatic rings. The minimum Gasteiger partial charge on any atom is -0.495 e. The van der Waals surface area contributed by atoms with Crippen molar-refractivity contribution < 1.29 is 9.13 Å². The van der Waals surface area contributed by atoms with Crippen molar-refractivity contribution in [3.8, 4) is 5.75 Å². The van der Waals surface area contributed by atoms with Crippen LogP contribution in [0.2, 0.25) is 0 Å². The molecule has 0 unspecified atom stereocenters. The van der Waals surface area contributed by atoms with E-state index in [-0.39, 0.29) is 11.2 Å². The summed E-state index contributed by atoms with van der Waals surface area (Å²) < 4.78 is 19.8. The third-order valence-electron chi connectivity index (χ3n) is 4.00. The van der Waals surface area contributed by atoms with Crippen LogP contribution >= 0.6 is 15.9 Å². The SMILES string of the molecule is COc1cc(F)cc(C2(CN)CCCCC2)c1Br. The van der Waals surface area contributed by atoms with Crippen LogP contribution in [0.3, 0.4) is 0 Å². The van der Waals surface area contributed by atoms with Gasteiger partial charge in [0.15, 0.2) is 0 Å². The lowest BCUT2D eigenvalue weighted by Crippen LogP contribution is -2.37. The van der Waals surface area contributed by atoms with E-state index in [0.29, 0.717) is 12.3 Å². The summed E-state index contributed by atoms with van der Waals surface area (Å²) in [5.74, 6) is 0.284. The van der Waals surface area contributed by atoms with Crippen molar-refractivity contribution >= 4 is 15.9 Å². The van der Waals surface area contributed by atoms with Crippen LogP contribution in [0.15, 0.2) is 16.6 Å². The topological polar surface area (TPSA) is 35.2 Å². The third kappa shape index (κ3) is 2.41. The van der Waals surface area contributed by atoms with Gasteiger partial charge in [-0.2, -0.15) is 0 Å². The molecule has 2 nitrogen and oxygen atoms in total. The lowest BCUT2D eigenvalue weighted by molar-refractivity contribution is 0.296. The van der Waals surface area contributed by atoms with E-state index in [1.165, 1.54) is 12.5 Å². The van der Waals surface area contributed by atoms with Crippen molar-refractivity contribution in [2.75, 3.05) is 13.7 Å². The molecule has 2 N–H and O–H groups in total. The summed E-state index contributed by atoms with van der Waals surface area (Å²) in [7, 11) is 1.55. The Balaban J connectivity index is 2.50. The van der Waals surface area contributed by atoms with E-state index in [4.69, 9.17) is 10.5 Å². The van der Waals surface area contributed by atoms with Gasteiger partial charge in [0.2, 0.25) is 0 Å². The highest BCUT2D eigenvalue weighted by Crippen LogP contribution is 2.44. The first-order valence-corrected chi connectivity index (χ1v) is 7.16. The van der Waals surface area contributed by atoms with E-state index in [2.05, 4.69) is 15.9 Å². The van der Waals surface area contributed by atoms with Crippen LogP contribution in [-0.2, 0) is 5.41 Å². The number of methoxy groups -OCH3 is 1. The second-order valence-electron chi connectivity index (χ2n) is 5.01. The Morgan fingerprint density at radius 2 is 2.00 bits per heavy atom. The van der Waals surface area contributed by atoms with Crippen LogP contribution in [0.5, 0.6) is 5.75 Å². The normalized spacial score (nSPS) is 18.7. The van der Waals surface area contributed by atoms with Gasteiger partial charge in [0.05, 0.1) is 11.6 Å². The van der Waals surface area contributed by atoms with Crippen LogP contribution in [0.25, 0.3) is 0 Å². The summed E-state index contributed by atoms with van der Waals surface area (Å²) in [6.07, 6.45) is 5.60. The molecule has 0 radical (unpaired) electrons. The van der Waals surface area contributed by atoms with Crippen LogP contribution in [0.4, 0.5) is 4.39 Å². The summed E-state index contributed by atoms with van der Waals surface area (Å²) >= 11 is 3.54. The van der Waals surface area contributed by atoms with E-state index < -0.39 is 0 Å².